The predicted molar refractivity (Wildman–Crippen MR) is 140 cm³/mol. The molecule has 6 rings (SSSR count). The summed E-state index contributed by atoms with van der Waals surface area (Å²) in [5.41, 5.74) is 3.36. The van der Waals surface area contributed by atoms with Crippen LogP contribution in [0.3, 0.4) is 0 Å². The van der Waals surface area contributed by atoms with E-state index < -0.39 is 0 Å². The lowest BCUT2D eigenvalue weighted by Gasteiger charge is -2.49. The van der Waals surface area contributed by atoms with Crippen molar-refractivity contribution in [1.29, 1.82) is 0 Å². The van der Waals surface area contributed by atoms with Gasteiger partial charge in [-0.3, -0.25) is 4.79 Å². The molecule has 4 heterocycles. The number of anilines is 1. The van der Waals surface area contributed by atoms with Gasteiger partial charge in [-0.05, 0) is 94.5 Å². The van der Waals surface area contributed by atoms with Crippen molar-refractivity contribution < 1.29 is 4.79 Å². The van der Waals surface area contributed by atoms with Crippen LogP contribution in [0.25, 0.3) is 11.1 Å². The molecule has 1 atom stereocenters. The number of rotatable bonds is 4. The third-order valence-electron chi connectivity index (χ3n) is 9.47. The van der Waals surface area contributed by atoms with Gasteiger partial charge in [-0.15, -0.1) is 0 Å². The Morgan fingerprint density at radius 3 is 2.06 bits per heavy atom. The van der Waals surface area contributed by atoms with Crippen LogP contribution in [0.2, 0.25) is 0 Å². The highest BCUT2D eigenvalue weighted by molar-refractivity contribution is 5.95. The fourth-order valence-corrected chi connectivity index (χ4v) is 6.64. The quantitative estimate of drug-likeness (QED) is 0.625. The van der Waals surface area contributed by atoms with Crippen molar-refractivity contribution in [2.24, 2.45) is 5.41 Å². The largest absolute Gasteiger partial charge is 0.341 e. The van der Waals surface area contributed by atoms with Crippen molar-refractivity contribution in [3.05, 3.63) is 42.2 Å². The first-order valence-electron chi connectivity index (χ1n) is 13.8. The number of benzene rings is 1. The highest BCUT2D eigenvalue weighted by Crippen LogP contribution is 2.43. The third-order valence-corrected chi connectivity index (χ3v) is 9.47. The molecule has 6 nitrogen and oxygen atoms in total. The van der Waals surface area contributed by atoms with Crippen molar-refractivity contribution in [1.82, 2.24) is 19.8 Å². The summed E-state index contributed by atoms with van der Waals surface area (Å²) in [6, 6.07) is 9.16. The van der Waals surface area contributed by atoms with E-state index in [2.05, 4.69) is 16.7 Å². The molecule has 1 amide bonds. The van der Waals surface area contributed by atoms with Gasteiger partial charge in [0.15, 0.2) is 0 Å². The maximum Gasteiger partial charge on any atom is 0.254 e. The number of carbonyl (C=O) groups excluding carboxylic acids is 1. The van der Waals surface area contributed by atoms with Crippen LogP contribution in [0.5, 0.6) is 0 Å². The van der Waals surface area contributed by atoms with E-state index in [1.807, 2.05) is 41.6 Å². The Kier molecular flexibility index (Phi) is 6.25. The molecule has 1 aromatic heterocycles. The molecule has 3 aliphatic heterocycles. The summed E-state index contributed by atoms with van der Waals surface area (Å²) in [7, 11) is 0. The number of hydrogen-bond acceptors (Lipinski definition) is 5. The Balaban J connectivity index is 1.04. The summed E-state index contributed by atoms with van der Waals surface area (Å²) in [5.74, 6) is 0.995. The minimum atomic E-state index is 0.143. The van der Waals surface area contributed by atoms with Crippen molar-refractivity contribution in [3.8, 4) is 11.1 Å². The van der Waals surface area contributed by atoms with E-state index in [0.29, 0.717) is 11.5 Å². The summed E-state index contributed by atoms with van der Waals surface area (Å²) in [6.45, 7) is 7.74. The summed E-state index contributed by atoms with van der Waals surface area (Å²) < 4.78 is 0. The van der Waals surface area contributed by atoms with Gasteiger partial charge in [0.25, 0.3) is 5.91 Å². The van der Waals surface area contributed by atoms with Crippen LogP contribution in [-0.2, 0) is 0 Å². The summed E-state index contributed by atoms with van der Waals surface area (Å²) in [5, 5.41) is 0. The minimum Gasteiger partial charge on any atom is -0.341 e. The van der Waals surface area contributed by atoms with Gasteiger partial charge in [-0.1, -0.05) is 18.6 Å². The van der Waals surface area contributed by atoms with Crippen LogP contribution < -0.4 is 4.90 Å². The fraction of sp³-hybridized carbons (Fsp3) is 0.621. The Bertz CT molecular complexity index is 1010. The zero-order valence-corrected chi connectivity index (χ0v) is 21.2. The molecule has 2 aromatic rings. The van der Waals surface area contributed by atoms with Gasteiger partial charge in [0.2, 0.25) is 5.95 Å². The number of nitrogens with zero attached hydrogens (tertiary/aromatic N) is 5. The lowest BCUT2D eigenvalue weighted by molar-refractivity contribution is 0.0304. The third kappa shape index (κ3) is 4.57. The molecule has 3 saturated heterocycles. The standard InChI is InChI=1S/C29H39N5O/c1-22-4-3-15-34(22)27(35)24-9-7-23(8-10-24)25-20-30-28(31-21-25)33-18-13-29(14-19-33)11-16-32(17-12-29)26-5-2-6-26/h7-10,20-22,26H,2-6,11-19H2,1H3. The predicted octanol–water partition coefficient (Wildman–Crippen LogP) is 5.00. The Labute approximate surface area is 209 Å². The van der Waals surface area contributed by atoms with Crippen LogP contribution in [0, 0.1) is 5.41 Å². The van der Waals surface area contributed by atoms with Crippen LogP contribution in [0.4, 0.5) is 5.95 Å². The molecule has 1 spiro atoms. The van der Waals surface area contributed by atoms with Crippen molar-refractivity contribution in [2.45, 2.75) is 76.8 Å². The Morgan fingerprint density at radius 1 is 0.829 bits per heavy atom. The number of carbonyl (C=O) groups is 1. The van der Waals surface area contributed by atoms with Crippen LogP contribution in [0.1, 0.15) is 75.1 Å². The molecule has 186 valence electrons. The number of piperidine rings is 2. The number of likely N-dealkylation sites (tertiary alicyclic amines) is 2. The first-order chi connectivity index (χ1) is 17.1. The second-order valence-corrected chi connectivity index (χ2v) is 11.4. The van der Waals surface area contributed by atoms with Gasteiger partial charge in [0, 0.05) is 55.2 Å². The maximum absolute atomic E-state index is 12.8. The monoisotopic (exact) mass is 473 g/mol. The maximum atomic E-state index is 12.8. The van der Waals surface area contributed by atoms with Gasteiger partial charge in [-0.2, -0.15) is 0 Å². The van der Waals surface area contributed by atoms with Crippen LogP contribution in [0.15, 0.2) is 36.7 Å². The molecule has 4 aliphatic rings. The summed E-state index contributed by atoms with van der Waals surface area (Å²) in [4.78, 5) is 29.4. The van der Waals surface area contributed by atoms with Crippen LogP contribution in [-0.4, -0.2) is 70.5 Å². The Morgan fingerprint density at radius 2 is 1.49 bits per heavy atom. The van der Waals surface area contributed by atoms with Crippen molar-refractivity contribution in [3.63, 3.8) is 0 Å². The van der Waals surface area contributed by atoms with E-state index in [4.69, 9.17) is 9.97 Å². The SMILES string of the molecule is CC1CCCN1C(=O)c1ccc(-c2cnc(N3CCC4(CC3)CCN(C3CCC3)CC4)nc2)cc1. The van der Waals surface area contributed by atoms with Gasteiger partial charge >= 0.3 is 0 Å². The number of amides is 1. The van der Waals surface area contributed by atoms with Crippen molar-refractivity contribution >= 4 is 11.9 Å². The lowest BCUT2D eigenvalue weighted by atomic mass is 9.70. The van der Waals surface area contributed by atoms with E-state index in [0.717, 1.165) is 61.2 Å². The highest BCUT2D eigenvalue weighted by atomic mass is 16.2. The van der Waals surface area contributed by atoms with Crippen LogP contribution >= 0.6 is 0 Å². The van der Waals surface area contributed by atoms with Gasteiger partial charge in [0.05, 0.1) is 0 Å². The zero-order chi connectivity index (χ0) is 23.8. The molecule has 0 radical (unpaired) electrons. The van der Waals surface area contributed by atoms with Gasteiger partial charge < -0.3 is 14.7 Å². The molecule has 0 bridgehead atoms. The first kappa shape index (κ1) is 23.0. The average molecular weight is 474 g/mol. The molecule has 35 heavy (non-hydrogen) atoms. The molecule has 1 aromatic carbocycles. The second kappa shape index (κ2) is 9.53. The van der Waals surface area contributed by atoms with Gasteiger partial charge in [0.1, 0.15) is 0 Å². The van der Waals surface area contributed by atoms with E-state index in [1.54, 1.807) is 0 Å². The molecule has 4 fully saturated rings. The molecular formula is C29H39N5O. The number of hydrogen-bond donors (Lipinski definition) is 0. The van der Waals surface area contributed by atoms with E-state index in [-0.39, 0.29) is 5.91 Å². The molecule has 0 N–H and O–H groups in total. The Hall–Kier alpha value is -2.47. The average Bonchev–Trinajstić information content (AvgIpc) is 3.30. The molecule has 1 aliphatic carbocycles. The molecule has 6 heteroatoms. The number of aromatic nitrogens is 2. The fourth-order valence-electron chi connectivity index (χ4n) is 6.64. The minimum absolute atomic E-state index is 0.143. The van der Waals surface area contributed by atoms with Gasteiger partial charge in [-0.25, -0.2) is 9.97 Å². The molecule has 1 saturated carbocycles. The topological polar surface area (TPSA) is 52.6 Å². The zero-order valence-electron chi connectivity index (χ0n) is 21.2. The smallest absolute Gasteiger partial charge is 0.254 e. The summed E-state index contributed by atoms with van der Waals surface area (Å²) >= 11 is 0. The second-order valence-electron chi connectivity index (χ2n) is 11.4. The normalized spacial score (nSPS) is 25.1. The van der Waals surface area contributed by atoms with E-state index >= 15 is 0 Å². The first-order valence-corrected chi connectivity index (χ1v) is 13.8. The molecule has 1 unspecified atom stereocenters. The van der Waals surface area contributed by atoms with E-state index in [9.17, 15) is 4.79 Å². The van der Waals surface area contributed by atoms with Crippen molar-refractivity contribution in [2.75, 3.05) is 37.6 Å². The van der Waals surface area contributed by atoms with E-state index in [1.165, 1.54) is 58.0 Å². The lowest BCUT2D eigenvalue weighted by Crippen LogP contribution is -2.51. The highest BCUT2D eigenvalue weighted by Gasteiger charge is 2.40. The summed E-state index contributed by atoms with van der Waals surface area (Å²) in [6.07, 6.45) is 15.6. The molecular weight excluding hydrogens is 434 g/mol.